The Morgan fingerprint density at radius 2 is 2.00 bits per heavy atom. The summed E-state index contributed by atoms with van der Waals surface area (Å²) in [5.74, 6) is 0.511. The van der Waals surface area contributed by atoms with Crippen LogP contribution in [0.25, 0.3) is 0 Å². The summed E-state index contributed by atoms with van der Waals surface area (Å²) in [6.07, 6.45) is 0. The van der Waals surface area contributed by atoms with E-state index >= 15 is 0 Å². The van der Waals surface area contributed by atoms with E-state index in [1.165, 1.54) is 9.13 Å². The molecule has 0 aliphatic heterocycles. The molecule has 0 heterocycles. The first kappa shape index (κ1) is 9.33. The highest BCUT2D eigenvalue weighted by atomic mass is 127. The van der Waals surface area contributed by atoms with E-state index in [0.29, 0.717) is 5.92 Å². The fraction of sp³-hybridized carbons (Fsp3) is 0.333. The van der Waals surface area contributed by atoms with Crippen LogP contribution in [0.15, 0.2) is 18.2 Å². The predicted octanol–water partition coefficient (Wildman–Crippen LogP) is 4.07. The summed E-state index contributed by atoms with van der Waals surface area (Å²) < 4.78 is 1.25. The van der Waals surface area contributed by atoms with Crippen molar-refractivity contribution in [3.63, 3.8) is 0 Å². The summed E-state index contributed by atoms with van der Waals surface area (Å²) in [7, 11) is 0. The van der Waals surface area contributed by atoms with Crippen LogP contribution >= 0.6 is 34.2 Å². The summed E-state index contributed by atoms with van der Waals surface area (Å²) in [6.45, 7) is 4.30. The highest BCUT2D eigenvalue weighted by Crippen LogP contribution is 2.25. The minimum absolute atomic E-state index is 0.511. The highest BCUT2D eigenvalue weighted by Gasteiger charge is 2.04. The molecule has 1 aromatic carbocycles. The van der Waals surface area contributed by atoms with Crippen LogP contribution in [0.3, 0.4) is 0 Å². The number of hydrogen-bond donors (Lipinski definition) is 0. The van der Waals surface area contributed by atoms with Gasteiger partial charge in [0.2, 0.25) is 0 Å². The van der Waals surface area contributed by atoms with Gasteiger partial charge < -0.3 is 0 Å². The predicted molar refractivity (Wildman–Crippen MR) is 58.3 cm³/mol. The number of rotatable bonds is 1. The van der Waals surface area contributed by atoms with E-state index in [0.717, 1.165) is 5.02 Å². The van der Waals surface area contributed by atoms with E-state index in [-0.39, 0.29) is 0 Å². The van der Waals surface area contributed by atoms with E-state index in [9.17, 15) is 0 Å². The van der Waals surface area contributed by atoms with Crippen molar-refractivity contribution in [2.45, 2.75) is 19.8 Å². The number of hydrogen-bond acceptors (Lipinski definition) is 0. The van der Waals surface area contributed by atoms with Crippen LogP contribution in [-0.4, -0.2) is 0 Å². The molecule has 0 spiro atoms. The lowest BCUT2D eigenvalue weighted by atomic mass is 10.0. The monoisotopic (exact) mass is 280 g/mol. The molecule has 0 unspecified atom stereocenters. The Morgan fingerprint density at radius 3 is 2.45 bits per heavy atom. The lowest BCUT2D eigenvalue weighted by Crippen LogP contribution is -1.88. The van der Waals surface area contributed by atoms with Crippen molar-refractivity contribution >= 4 is 34.2 Å². The van der Waals surface area contributed by atoms with Crippen LogP contribution in [0.4, 0.5) is 0 Å². The van der Waals surface area contributed by atoms with Gasteiger partial charge in [0.15, 0.2) is 0 Å². The van der Waals surface area contributed by atoms with Crippen molar-refractivity contribution in [3.8, 4) is 0 Å². The first-order chi connectivity index (χ1) is 5.11. The zero-order valence-electron chi connectivity index (χ0n) is 6.57. The lowest BCUT2D eigenvalue weighted by molar-refractivity contribution is 0.866. The third-order valence-corrected chi connectivity index (χ3v) is 2.60. The van der Waals surface area contributed by atoms with Crippen molar-refractivity contribution in [1.29, 1.82) is 0 Å². The summed E-state index contributed by atoms with van der Waals surface area (Å²) in [4.78, 5) is 0. The molecular formula is C9H10ClI. The Balaban J connectivity index is 3.13. The molecule has 0 atom stereocenters. The fourth-order valence-electron chi connectivity index (χ4n) is 0.957. The number of benzene rings is 1. The maximum atomic E-state index is 5.99. The van der Waals surface area contributed by atoms with Crippen LogP contribution in [0, 0.1) is 3.57 Å². The van der Waals surface area contributed by atoms with Gasteiger partial charge in [-0.05, 0) is 52.3 Å². The largest absolute Gasteiger partial charge is 0.0840 e. The van der Waals surface area contributed by atoms with Gasteiger partial charge in [-0.15, -0.1) is 0 Å². The Bertz CT molecular complexity index is 256. The fourth-order valence-corrected chi connectivity index (χ4v) is 1.81. The second kappa shape index (κ2) is 3.76. The lowest BCUT2D eigenvalue weighted by Gasteiger charge is -2.07. The maximum Gasteiger partial charge on any atom is 0.0441 e. The first-order valence-electron chi connectivity index (χ1n) is 3.56. The topological polar surface area (TPSA) is 0 Å². The minimum Gasteiger partial charge on any atom is -0.0840 e. The van der Waals surface area contributed by atoms with E-state index in [1.807, 2.05) is 12.1 Å². The van der Waals surface area contributed by atoms with Crippen molar-refractivity contribution in [3.05, 3.63) is 32.4 Å². The van der Waals surface area contributed by atoms with Crippen molar-refractivity contribution in [2.75, 3.05) is 0 Å². The second-order valence-electron chi connectivity index (χ2n) is 2.82. The van der Waals surface area contributed by atoms with Gasteiger partial charge in [0, 0.05) is 8.59 Å². The van der Waals surface area contributed by atoms with Gasteiger partial charge >= 0.3 is 0 Å². The van der Waals surface area contributed by atoms with Gasteiger partial charge in [0.05, 0.1) is 0 Å². The van der Waals surface area contributed by atoms with E-state index in [2.05, 4.69) is 42.5 Å². The van der Waals surface area contributed by atoms with Gasteiger partial charge in [-0.2, -0.15) is 0 Å². The minimum atomic E-state index is 0.511. The summed E-state index contributed by atoms with van der Waals surface area (Å²) >= 11 is 8.28. The van der Waals surface area contributed by atoms with Crippen LogP contribution in [0.5, 0.6) is 0 Å². The van der Waals surface area contributed by atoms with Gasteiger partial charge in [0.25, 0.3) is 0 Å². The van der Waals surface area contributed by atoms with Crippen molar-refractivity contribution in [2.24, 2.45) is 0 Å². The van der Waals surface area contributed by atoms with Gasteiger partial charge in [-0.25, -0.2) is 0 Å². The van der Waals surface area contributed by atoms with Crippen LogP contribution < -0.4 is 0 Å². The normalized spacial score (nSPS) is 10.6. The Morgan fingerprint density at radius 1 is 1.36 bits per heavy atom. The maximum absolute atomic E-state index is 5.99. The zero-order valence-corrected chi connectivity index (χ0v) is 9.48. The van der Waals surface area contributed by atoms with E-state index in [4.69, 9.17) is 11.6 Å². The van der Waals surface area contributed by atoms with Crippen molar-refractivity contribution in [1.82, 2.24) is 0 Å². The molecule has 0 N–H and O–H groups in total. The van der Waals surface area contributed by atoms with E-state index < -0.39 is 0 Å². The smallest absolute Gasteiger partial charge is 0.0441 e. The molecule has 60 valence electrons. The molecule has 0 bridgehead atoms. The van der Waals surface area contributed by atoms with Gasteiger partial charge in [0.1, 0.15) is 0 Å². The molecule has 0 saturated heterocycles. The Hall–Kier alpha value is 0.240. The van der Waals surface area contributed by atoms with Crippen molar-refractivity contribution < 1.29 is 0 Å². The van der Waals surface area contributed by atoms with Crippen LogP contribution in [-0.2, 0) is 0 Å². The molecule has 0 aromatic heterocycles. The van der Waals surface area contributed by atoms with Crippen LogP contribution in [0.1, 0.15) is 25.3 Å². The molecular weight excluding hydrogens is 270 g/mol. The first-order valence-corrected chi connectivity index (χ1v) is 5.02. The third-order valence-electron chi connectivity index (χ3n) is 1.58. The molecule has 0 aliphatic carbocycles. The molecule has 0 fully saturated rings. The SMILES string of the molecule is CC(C)c1cc(I)ccc1Cl. The average Bonchev–Trinajstić information content (AvgIpc) is 1.94. The highest BCUT2D eigenvalue weighted by molar-refractivity contribution is 14.1. The molecule has 0 radical (unpaired) electrons. The molecule has 0 aliphatic rings. The summed E-state index contributed by atoms with van der Waals surface area (Å²) in [5.41, 5.74) is 1.23. The van der Waals surface area contributed by atoms with Crippen LogP contribution in [0.2, 0.25) is 5.02 Å². The average molecular weight is 281 g/mol. The second-order valence-corrected chi connectivity index (χ2v) is 4.47. The zero-order chi connectivity index (χ0) is 8.43. The third kappa shape index (κ3) is 2.34. The van der Waals surface area contributed by atoms with Gasteiger partial charge in [-0.3, -0.25) is 0 Å². The standard InChI is InChI=1S/C9H10ClI/c1-6(2)8-5-7(11)3-4-9(8)10/h3-6H,1-2H3. The Labute approximate surface area is 86.1 Å². The van der Waals surface area contributed by atoms with E-state index in [1.54, 1.807) is 0 Å². The molecule has 1 aromatic rings. The molecule has 11 heavy (non-hydrogen) atoms. The number of halogens is 2. The summed E-state index contributed by atoms with van der Waals surface area (Å²) in [6, 6.07) is 6.11. The van der Waals surface area contributed by atoms with Gasteiger partial charge in [-0.1, -0.05) is 25.4 Å². The quantitative estimate of drug-likeness (QED) is 0.680. The molecule has 0 amide bonds. The summed E-state index contributed by atoms with van der Waals surface area (Å²) in [5, 5.41) is 0.875. The molecule has 0 nitrogen and oxygen atoms in total. The molecule has 0 saturated carbocycles. The Kier molecular flexibility index (Phi) is 3.19. The molecule has 2 heteroatoms. The molecule has 1 rings (SSSR count).